The van der Waals surface area contributed by atoms with Gasteiger partial charge in [-0.25, -0.2) is 0 Å². The van der Waals surface area contributed by atoms with E-state index in [2.05, 4.69) is 20.8 Å². The molecule has 0 aromatic heterocycles. The zero-order valence-corrected chi connectivity index (χ0v) is 16.2. The summed E-state index contributed by atoms with van der Waals surface area (Å²) in [6.07, 6.45) is 19.9. The van der Waals surface area contributed by atoms with E-state index in [9.17, 15) is 0 Å². The zero-order chi connectivity index (χ0) is 13.5. The Morgan fingerprint density at radius 2 is 0.895 bits per heavy atom. The quantitative estimate of drug-likeness (QED) is 0.256. The number of rotatable bonds is 14. The fraction of sp³-hybridized carbons (Fsp3) is 0.944. The standard InChI is InChI=1S/C18H37.Na/c1-4-5-6-7-8-9-10-11-12-13-14-15-16-17-18(2)3;/h18H,1,4-17H2,2-3H3;/q-1;+1. The van der Waals surface area contributed by atoms with Crippen molar-refractivity contribution in [3.05, 3.63) is 6.92 Å². The normalized spacial score (nSPS) is 10.7. The molecule has 110 valence electrons. The molecule has 0 atom stereocenters. The van der Waals surface area contributed by atoms with Gasteiger partial charge in [-0.1, -0.05) is 97.3 Å². The van der Waals surface area contributed by atoms with Crippen LogP contribution >= 0.6 is 0 Å². The molecule has 0 radical (unpaired) electrons. The molecule has 0 amide bonds. The SMILES string of the molecule is [CH2-]CCCCCCCCCCCCCCC(C)C.[Na+]. The van der Waals surface area contributed by atoms with Gasteiger partial charge in [0.05, 0.1) is 0 Å². The van der Waals surface area contributed by atoms with E-state index < -0.39 is 0 Å². The van der Waals surface area contributed by atoms with Gasteiger partial charge in [0, 0.05) is 0 Å². The molecule has 0 aliphatic rings. The summed E-state index contributed by atoms with van der Waals surface area (Å²) < 4.78 is 0. The number of hydrogen-bond acceptors (Lipinski definition) is 0. The van der Waals surface area contributed by atoms with Crippen molar-refractivity contribution in [1.29, 1.82) is 0 Å². The summed E-state index contributed by atoms with van der Waals surface area (Å²) in [7, 11) is 0. The molecule has 0 aliphatic carbocycles. The second kappa shape index (κ2) is 19.0. The zero-order valence-electron chi connectivity index (χ0n) is 14.2. The topological polar surface area (TPSA) is 0 Å². The Bertz CT molecular complexity index is 143. The van der Waals surface area contributed by atoms with Gasteiger partial charge in [0.25, 0.3) is 0 Å². The van der Waals surface area contributed by atoms with Crippen molar-refractivity contribution < 1.29 is 29.6 Å². The molecule has 0 saturated carbocycles. The Morgan fingerprint density at radius 3 is 1.21 bits per heavy atom. The van der Waals surface area contributed by atoms with Crippen molar-refractivity contribution in [2.24, 2.45) is 5.92 Å². The van der Waals surface area contributed by atoms with E-state index in [1.807, 2.05) is 0 Å². The molecule has 0 aromatic carbocycles. The van der Waals surface area contributed by atoms with Crippen LogP contribution in [0.5, 0.6) is 0 Å². The van der Waals surface area contributed by atoms with Crippen molar-refractivity contribution in [3.63, 3.8) is 0 Å². The summed E-state index contributed by atoms with van der Waals surface area (Å²) >= 11 is 0. The third-order valence-corrected chi connectivity index (χ3v) is 3.78. The summed E-state index contributed by atoms with van der Waals surface area (Å²) in [5.74, 6) is 0.897. The van der Waals surface area contributed by atoms with Gasteiger partial charge in [0.15, 0.2) is 0 Å². The van der Waals surface area contributed by atoms with E-state index in [1.54, 1.807) is 0 Å². The maximum Gasteiger partial charge on any atom is 1.00 e. The van der Waals surface area contributed by atoms with E-state index in [0.29, 0.717) is 0 Å². The van der Waals surface area contributed by atoms with Gasteiger partial charge in [-0.15, -0.1) is 0 Å². The van der Waals surface area contributed by atoms with Gasteiger partial charge in [-0.2, -0.15) is 6.42 Å². The van der Waals surface area contributed by atoms with Crippen LogP contribution in [-0.4, -0.2) is 0 Å². The first-order valence-corrected chi connectivity index (χ1v) is 8.56. The smallest absolute Gasteiger partial charge is 0.343 e. The molecular weight excluding hydrogens is 239 g/mol. The summed E-state index contributed by atoms with van der Waals surface area (Å²) in [6.45, 7) is 8.54. The summed E-state index contributed by atoms with van der Waals surface area (Å²) in [6, 6.07) is 0. The molecule has 1 heteroatoms. The van der Waals surface area contributed by atoms with Crippen LogP contribution in [0.4, 0.5) is 0 Å². The average molecular weight is 276 g/mol. The Kier molecular flexibility index (Phi) is 22.3. The monoisotopic (exact) mass is 276 g/mol. The molecule has 0 aromatic rings. The largest absolute Gasteiger partial charge is 1.00 e. The van der Waals surface area contributed by atoms with Crippen molar-refractivity contribution in [2.45, 2.75) is 104 Å². The van der Waals surface area contributed by atoms with Crippen LogP contribution in [0, 0.1) is 12.8 Å². The Morgan fingerprint density at radius 1 is 0.579 bits per heavy atom. The van der Waals surface area contributed by atoms with E-state index >= 15 is 0 Å². The number of hydrogen-bond donors (Lipinski definition) is 0. The molecule has 0 spiro atoms. The predicted octanol–water partition coefficient (Wildman–Crippen LogP) is 3.94. The minimum absolute atomic E-state index is 0. The van der Waals surface area contributed by atoms with Crippen molar-refractivity contribution >= 4 is 0 Å². The molecule has 0 rings (SSSR count). The van der Waals surface area contributed by atoms with Crippen molar-refractivity contribution in [1.82, 2.24) is 0 Å². The van der Waals surface area contributed by atoms with Crippen LogP contribution in [0.25, 0.3) is 0 Å². The second-order valence-electron chi connectivity index (χ2n) is 6.28. The molecule has 0 bridgehead atoms. The maximum atomic E-state index is 3.88. The van der Waals surface area contributed by atoms with Crippen LogP contribution in [0.2, 0.25) is 0 Å². The number of unbranched alkanes of at least 4 members (excludes halogenated alkanes) is 12. The van der Waals surface area contributed by atoms with Gasteiger partial charge in [-0.3, -0.25) is 0 Å². The molecule has 0 nitrogen and oxygen atoms in total. The van der Waals surface area contributed by atoms with Gasteiger partial charge in [0.2, 0.25) is 0 Å². The minimum atomic E-state index is 0. The Hall–Kier alpha value is 1.00. The van der Waals surface area contributed by atoms with E-state index in [4.69, 9.17) is 0 Å². The van der Waals surface area contributed by atoms with Crippen LogP contribution < -0.4 is 29.6 Å². The van der Waals surface area contributed by atoms with Gasteiger partial charge < -0.3 is 6.92 Å². The van der Waals surface area contributed by atoms with Crippen LogP contribution in [0.3, 0.4) is 0 Å². The third kappa shape index (κ3) is 21.4. The summed E-state index contributed by atoms with van der Waals surface area (Å²) in [5, 5.41) is 0. The molecule has 19 heavy (non-hydrogen) atoms. The first kappa shape index (κ1) is 22.3. The summed E-state index contributed by atoms with van der Waals surface area (Å²) in [5.41, 5.74) is 0. The molecule has 0 unspecified atom stereocenters. The third-order valence-electron chi connectivity index (χ3n) is 3.78. The molecule has 0 N–H and O–H groups in total. The molecule has 0 saturated heterocycles. The molecule has 0 heterocycles. The van der Waals surface area contributed by atoms with E-state index in [0.717, 1.165) is 12.3 Å². The van der Waals surface area contributed by atoms with E-state index in [1.165, 1.54) is 83.5 Å². The van der Waals surface area contributed by atoms with Crippen molar-refractivity contribution in [2.75, 3.05) is 0 Å². The Balaban J connectivity index is 0. The van der Waals surface area contributed by atoms with Crippen LogP contribution in [0.15, 0.2) is 0 Å². The van der Waals surface area contributed by atoms with E-state index in [-0.39, 0.29) is 29.6 Å². The molecular formula is C18H37Na. The molecule has 0 fully saturated rings. The fourth-order valence-electron chi connectivity index (χ4n) is 2.50. The Labute approximate surface area is 145 Å². The first-order chi connectivity index (χ1) is 8.77. The second-order valence-corrected chi connectivity index (χ2v) is 6.28. The van der Waals surface area contributed by atoms with Gasteiger partial charge >= 0.3 is 29.6 Å². The van der Waals surface area contributed by atoms with Crippen molar-refractivity contribution in [3.8, 4) is 0 Å². The summed E-state index contributed by atoms with van der Waals surface area (Å²) in [4.78, 5) is 0. The maximum absolute atomic E-state index is 3.88. The average Bonchev–Trinajstić information content (AvgIpc) is 2.34. The van der Waals surface area contributed by atoms with Gasteiger partial charge in [0.1, 0.15) is 0 Å². The predicted molar refractivity (Wildman–Crippen MR) is 84.8 cm³/mol. The van der Waals surface area contributed by atoms with Crippen LogP contribution in [0.1, 0.15) is 104 Å². The fourth-order valence-corrected chi connectivity index (χ4v) is 2.50. The van der Waals surface area contributed by atoms with Gasteiger partial charge in [-0.05, 0) is 5.92 Å². The molecule has 0 aliphatic heterocycles. The first-order valence-electron chi connectivity index (χ1n) is 8.56. The van der Waals surface area contributed by atoms with Crippen LogP contribution in [-0.2, 0) is 0 Å². The minimum Gasteiger partial charge on any atom is -0.343 e.